The third kappa shape index (κ3) is 7.77. The summed E-state index contributed by atoms with van der Waals surface area (Å²) >= 11 is 1.58. The van der Waals surface area contributed by atoms with Crippen molar-refractivity contribution in [3.8, 4) is 0 Å². The second-order valence-corrected chi connectivity index (χ2v) is 8.67. The van der Waals surface area contributed by atoms with Crippen LogP contribution in [0.2, 0.25) is 0 Å². The highest BCUT2D eigenvalue weighted by atomic mass is 32.2. The molecule has 3 N–H and O–H groups in total. The van der Waals surface area contributed by atoms with E-state index in [9.17, 15) is 13.2 Å². The molecule has 0 heterocycles. The number of hydrogen-bond acceptors (Lipinski definition) is 5. The lowest BCUT2D eigenvalue weighted by molar-refractivity contribution is -0.122. The molecule has 1 aromatic rings. The van der Waals surface area contributed by atoms with E-state index in [1.165, 1.54) is 0 Å². The summed E-state index contributed by atoms with van der Waals surface area (Å²) in [4.78, 5) is 12.6. The summed E-state index contributed by atoms with van der Waals surface area (Å²) < 4.78 is 27.6. The molecule has 0 spiro atoms. The van der Waals surface area contributed by atoms with Crippen LogP contribution in [0, 0.1) is 6.92 Å². The SMILES string of the molecule is CCN[C@H](C)CNC(=O)C(CCSC)NS(=O)(=O)c1ccc(C)cc1. The van der Waals surface area contributed by atoms with Crippen molar-refractivity contribution >= 4 is 27.7 Å². The van der Waals surface area contributed by atoms with Gasteiger partial charge in [0, 0.05) is 12.6 Å². The molecule has 0 bridgehead atoms. The van der Waals surface area contributed by atoms with Gasteiger partial charge in [0.1, 0.15) is 6.04 Å². The van der Waals surface area contributed by atoms with Crippen molar-refractivity contribution < 1.29 is 13.2 Å². The molecule has 0 saturated carbocycles. The number of thioether (sulfide) groups is 1. The zero-order chi connectivity index (χ0) is 18.9. The van der Waals surface area contributed by atoms with E-state index in [0.29, 0.717) is 18.7 Å². The van der Waals surface area contributed by atoms with Gasteiger partial charge < -0.3 is 10.6 Å². The Labute approximate surface area is 155 Å². The molecule has 0 aliphatic heterocycles. The van der Waals surface area contributed by atoms with Gasteiger partial charge in [-0.15, -0.1) is 0 Å². The van der Waals surface area contributed by atoms with E-state index in [2.05, 4.69) is 15.4 Å². The summed E-state index contributed by atoms with van der Waals surface area (Å²) in [5.41, 5.74) is 0.980. The first kappa shape index (κ1) is 22.0. The van der Waals surface area contributed by atoms with Gasteiger partial charge in [-0.1, -0.05) is 24.6 Å². The highest BCUT2D eigenvalue weighted by Crippen LogP contribution is 2.12. The normalized spacial score (nSPS) is 14.1. The van der Waals surface area contributed by atoms with Crippen molar-refractivity contribution in [2.75, 3.05) is 25.1 Å². The van der Waals surface area contributed by atoms with Gasteiger partial charge in [0.05, 0.1) is 4.90 Å². The van der Waals surface area contributed by atoms with Gasteiger partial charge in [-0.3, -0.25) is 4.79 Å². The minimum absolute atomic E-state index is 0.129. The molecule has 8 heteroatoms. The van der Waals surface area contributed by atoms with Crippen LogP contribution in [-0.2, 0) is 14.8 Å². The fourth-order valence-electron chi connectivity index (χ4n) is 2.25. The molecule has 142 valence electrons. The maximum atomic E-state index is 12.6. The first-order chi connectivity index (χ1) is 11.8. The van der Waals surface area contributed by atoms with E-state index in [4.69, 9.17) is 0 Å². The van der Waals surface area contributed by atoms with E-state index in [1.54, 1.807) is 36.0 Å². The molecule has 1 unspecified atom stereocenters. The van der Waals surface area contributed by atoms with Crippen LogP contribution in [0.1, 0.15) is 25.8 Å². The lowest BCUT2D eigenvalue weighted by Gasteiger charge is -2.20. The molecule has 25 heavy (non-hydrogen) atoms. The average Bonchev–Trinajstić information content (AvgIpc) is 2.57. The summed E-state index contributed by atoms with van der Waals surface area (Å²) in [6, 6.07) is 5.92. The third-order valence-electron chi connectivity index (χ3n) is 3.69. The molecule has 0 aliphatic rings. The Morgan fingerprint density at radius 1 is 1.24 bits per heavy atom. The van der Waals surface area contributed by atoms with Crippen molar-refractivity contribution in [3.63, 3.8) is 0 Å². The van der Waals surface area contributed by atoms with Crippen molar-refractivity contribution in [2.24, 2.45) is 0 Å². The molecular formula is C17H29N3O3S2. The van der Waals surface area contributed by atoms with Gasteiger partial charge in [0.2, 0.25) is 15.9 Å². The number of nitrogens with one attached hydrogen (secondary N) is 3. The Hall–Kier alpha value is -1.09. The zero-order valence-corrected chi connectivity index (χ0v) is 17.0. The van der Waals surface area contributed by atoms with Crippen molar-refractivity contribution in [1.82, 2.24) is 15.4 Å². The molecule has 0 radical (unpaired) electrons. The molecular weight excluding hydrogens is 358 g/mol. The maximum absolute atomic E-state index is 12.6. The second-order valence-electron chi connectivity index (χ2n) is 5.97. The molecule has 1 rings (SSSR count). The predicted octanol–water partition coefficient (Wildman–Crippen LogP) is 1.51. The van der Waals surface area contributed by atoms with E-state index in [-0.39, 0.29) is 16.8 Å². The van der Waals surface area contributed by atoms with Gasteiger partial charge >= 0.3 is 0 Å². The van der Waals surface area contributed by atoms with Gasteiger partial charge in [-0.2, -0.15) is 16.5 Å². The van der Waals surface area contributed by atoms with E-state index >= 15 is 0 Å². The summed E-state index contributed by atoms with van der Waals surface area (Å²) in [7, 11) is -3.74. The van der Waals surface area contributed by atoms with E-state index < -0.39 is 16.1 Å². The number of hydrogen-bond donors (Lipinski definition) is 3. The zero-order valence-electron chi connectivity index (χ0n) is 15.3. The molecule has 2 atom stereocenters. The Bertz CT molecular complexity index is 633. The first-order valence-electron chi connectivity index (χ1n) is 8.39. The van der Waals surface area contributed by atoms with Crippen LogP contribution in [0.25, 0.3) is 0 Å². The largest absolute Gasteiger partial charge is 0.353 e. The Morgan fingerprint density at radius 3 is 2.44 bits per heavy atom. The summed E-state index contributed by atoms with van der Waals surface area (Å²) in [6.07, 6.45) is 2.37. The Kier molecular flexibility index (Phi) is 9.48. The number of carbonyl (C=O) groups is 1. The smallest absolute Gasteiger partial charge is 0.241 e. The van der Waals surface area contributed by atoms with Gasteiger partial charge in [0.25, 0.3) is 0 Å². The van der Waals surface area contributed by atoms with Crippen LogP contribution in [-0.4, -0.2) is 51.5 Å². The summed E-state index contributed by atoms with van der Waals surface area (Å²) in [5, 5.41) is 6.03. The fraction of sp³-hybridized carbons (Fsp3) is 0.588. The lowest BCUT2D eigenvalue weighted by Crippen LogP contribution is -2.49. The number of likely N-dealkylation sites (N-methyl/N-ethyl adjacent to an activating group) is 1. The van der Waals surface area contributed by atoms with Crippen LogP contribution in [0.5, 0.6) is 0 Å². The minimum atomic E-state index is -3.74. The number of rotatable bonds is 11. The highest BCUT2D eigenvalue weighted by molar-refractivity contribution is 7.98. The van der Waals surface area contributed by atoms with E-state index in [1.807, 2.05) is 27.0 Å². The summed E-state index contributed by atoms with van der Waals surface area (Å²) in [5.74, 6) is 0.395. The molecule has 1 aromatic carbocycles. The van der Waals surface area contributed by atoms with Crippen molar-refractivity contribution in [3.05, 3.63) is 29.8 Å². The quantitative estimate of drug-likeness (QED) is 0.536. The Morgan fingerprint density at radius 2 is 1.88 bits per heavy atom. The number of amides is 1. The van der Waals surface area contributed by atoms with Crippen LogP contribution >= 0.6 is 11.8 Å². The Balaban J connectivity index is 2.80. The van der Waals surface area contributed by atoms with E-state index in [0.717, 1.165) is 12.1 Å². The van der Waals surface area contributed by atoms with Crippen LogP contribution in [0.4, 0.5) is 0 Å². The van der Waals surface area contributed by atoms with Gasteiger partial charge in [0.15, 0.2) is 0 Å². The number of aryl methyl sites for hydroxylation is 1. The number of sulfonamides is 1. The molecule has 1 amide bonds. The van der Waals surface area contributed by atoms with Crippen LogP contribution in [0.15, 0.2) is 29.2 Å². The molecule has 0 saturated heterocycles. The predicted molar refractivity (Wildman–Crippen MR) is 104 cm³/mol. The molecule has 0 aromatic heterocycles. The van der Waals surface area contributed by atoms with Crippen LogP contribution < -0.4 is 15.4 Å². The summed E-state index contributed by atoms with van der Waals surface area (Å²) in [6.45, 7) is 7.12. The first-order valence-corrected chi connectivity index (χ1v) is 11.3. The average molecular weight is 388 g/mol. The van der Waals surface area contributed by atoms with Crippen molar-refractivity contribution in [2.45, 2.75) is 44.2 Å². The lowest BCUT2D eigenvalue weighted by atomic mass is 10.2. The number of carbonyl (C=O) groups excluding carboxylic acids is 1. The molecule has 6 nitrogen and oxygen atoms in total. The standard InChI is InChI=1S/C17H29N3O3S2/c1-5-18-14(3)12-19-17(21)16(10-11-24-4)20-25(22,23)15-8-6-13(2)7-9-15/h6-9,14,16,18,20H,5,10-12H2,1-4H3,(H,19,21)/t14-,16?/m1/s1. The maximum Gasteiger partial charge on any atom is 0.241 e. The van der Waals surface area contributed by atoms with Crippen molar-refractivity contribution in [1.29, 1.82) is 0 Å². The van der Waals surface area contributed by atoms with Gasteiger partial charge in [-0.05, 0) is 51.0 Å². The second kappa shape index (κ2) is 10.8. The molecule has 0 aliphatic carbocycles. The topological polar surface area (TPSA) is 87.3 Å². The monoisotopic (exact) mass is 387 g/mol. The third-order valence-corrected chi connectivity index (χ3v) is 5.82. The molecule has 0 fully saturated rings. The highest BCUT2D eigenvalue weighted by Gasteiger charge is 2.25. The van der Waals surface area contributed by atoms with Crippen LogP contribution in [0.3, 0.4) is 0 Å². The number of benzene rings is 1. The fourth-order valence-corrected chi connectivity index (χ4v) is 3.95. The van der Waals surface area contributed by atoms with Gasteiger partial charge in [-0.25, -0.2) is 8.42 Å². The minimum Gasteiger partial charge on any atom is -0.353 e.